The highest BCUT2D eigenvalue weighted by molar-refractivity contribution is 5.92. The molecule has 0 unspecified atom stereocenters. The molecule has 116 valence electrons. The maximum absolute atomic E-state index is 11.5. The van der Waals surface area contributed by atoms with Crippen LogP contribution in [0.4, 0.5) is 5.69 Å². The number of carbonyl (C=O) groups excluding carboxylic acids is 1. The zero-order valence-electron chi connectivity index (χ0n) is 12.8. The molecule has 21 heavy (non-hydrogen) atoms. The quantitative estimate of drug-likeness (QED) is 0.555. The van der Waals surface area contributed by atoms with Gasteiger partial charge < -0.3 is 16.0 Å². The molecule has 1 heterocycles. The predicted octanol–water partition coefficient (Wildman–Crippen LogP) is 2.17. The van der Waals surface area contributed by atoms with Crippen LogP contribution in [0.5, 0.6) is 0 Å². The van der Waals surface area contributed by atoms with Gasteiger partial charge in [-0.05, 0) is 25.0 Å². The van der Waals surface area contributed by atoms with Crippen LogP contribution in [0, 0.1) is 0 Å². The van der Waals surface area contributed by atoms with E-state index in [0.29, 0.717) is 11.7 Å². The third kappa shape index (κ3) is 5.34. The minimum absolute atomic E-state index is 0.157. The zero-order valence-corrected chi connectivity index (χ0v) is 12.8. The Hall–Kier alpha value is -1.62. The van der Waals surface area contributed by atoms with Gasteiger partial charge in [0.25, 0.3) is 5.91 Å². The molecule has 1 aliphatic rings. The smallest absolute Gasteiger partial charge is 0.269 e. The Bertz CT molecular complexity index is 442. The van der Waals surface area contributed by atoms with Crippen molar-refractivity contribution in [3.63, 3.8) is 0 Å². The Balaban J connectivity index is 1.71. The lowest BCUT2D eigenvalue weighted by atomic mass is 10.1. The molecule has 5 nitrogen and oxygen atoms in total. The Morgan fingerprint density at radius 1 is 1.24 bits per heavy atom. The van der Waals surface area contributed by atoms with Gasteiger partial charge in [0.15, 0.2) is 0 Å². The van der Waals surface area contributed by atoms with E-state index in [1.165, 1.54) is 38.5 Å². The molecular formula is C16H26N4O. The first kappa shape index (κ1) is 15.8. The third-order valence-electron chi connectivity index (χ3n) is 3.96. The number of amides is 1. The molecular weight excluding hydrogens is 264 g/mol. The van der Waals surface area contributed by atoms with Crippen molar-refractivity contribution in [3.8, 4) is 0 Å². The summed E-state index contributed by atoms with van der Waals surface area (Å²) in [4.78, 5) is 15.6. The van der Waals surface area contributed by atoms with Crippen molar-refractivity contribution >= 4 is 11.6 Å². The standard InChI is InChI=1S/C16H26N4O/c1-17-16(21)15-12-14(8-9-20-15)19-11-10-18-13-6-4-2-3-5-7-13/h8-9,12-13,18H,2-7,10-11H2,1H3,(H,17,21)(H,19,20). The van der Waals surface area contributed by atoms with E-state index >= 15 is 0 Å². The average Bonchev–Trinajstić information content (AvgIpc) is 2.80. The SMILES string of the molecule is CNC(=O)c1cc(NCCNC2CCCCCC2)ccn1. The summed E-state index contributed by atoms with van der Waals surface area (Å²) in [5, 5.41) is 9.54. The molecule has 1 aromatic heterocycles. The number of nitrogens with zero attached hydrogens (tertiary/aromatic N) is 1. The Kier molecular flexibility index (Phi) is 6.47. The Labute approximate surface area is 126 Å². The minimum Gasteiger partial charge on any atom is -0.384 e. The second-order valence-corrected chi connectivity index (χ2v) is 5.58. The fourth-order valence-electron chi connectivity index (χ4n) is 2.76. The Morgan fingerprint density at radius 3 is 2.71 bits per heavy atom. The van der Waals surface area contributed by atoms with Gasteiger partial charge in [-0.1, -0.05) is 25.7 Å². The fraction of sp³-hybridized carbons (Fsp3) is 0.625. The monoisotopic (exact) mass is 290 g/mol. The van der Waals surface area contributed by atoms with Crippen LogP contribution in [-0.2, 0) is 0 Å². The largest absolute Gasteiger partial charge is 0.384 e. The lowest BCUT2D eigenvalue weighted by molar-refractivity contribution is 0.0958. The highest BCUT2D eigenvalue weighted by Crippen LogP contribution is 2.16. The summed E-state index contributed by atoms with van der Waals surface area (Å²) < 4.78 is 0. The van der Waals surface area contributed by atoms with E-state index in [2.05, 4.69) is 20.9 Å². The molecule has 0 bridgehead atoms. The van der Waals surface area contributed by atoms with Gasteiger partial charge in [0.2, 0.25) is 0 Å². The average molecular weight is 290 g/mol. The maximum atomic E-state index is 11.5. The topological polar surface area (TPSA) is 66.1 Å². The van der Waals surface area contributed by atoms with E-state index in [-0.39, 0.29) is 5.91 Å². The van der Waals surface area contributed by atoms with Crippen molar-refractivity contribution < 1.29 is 4.79 Å². The molecule has 1 amide bonds. The second kappa shape index (κ2) is 8.62. The molecule has 0 saturated heterocycles. The fourth-order valence-corrected chi connectivity index (χ4v) is 2.76. The van der Waals surface area contributed by atoms with Crippen LogP contribution in [0.3, 0.4) is 0 Å². The molecule has 0 spiro atoms. The highest BCUT2D eigenvalue weighted by Gasteiger charge is 2.10. The molecule has 1 fully saturated rings. The summed E-state index contributed by atoms with van der Waals surface area (Å²) in [5.74, 6) is -0.157. The molecule has 0 radical (unpaired) electrons. The van der Waals surface area contributed by atoms with Crippen LogP contribution in [0.1, 0.15) is 49.0 Å². The van der Waals surface area contributed by atoms with Crippen LogP contribution in [0.25, 0.3) is 0 Å². The lowest BCUT2D eigenvalue weighted by Gasteiger charge is -2.16. The summed E-state index contributed by atoms with van der Waals surface area (Å²) >= 11 is 0. The van der Waals surface area contributed by atoms with Gasteiger partial charge in [-0.2, -0.15) is 0 Å². The zero-order chi connectivity index (χ0) is 14.9. The molecule has 1 saturated carbocycles. The van der Waals surface area contributed by atoms with Gasteiger partial charge in [-0.25, -0.2) is 0 Å². The number of anilines is 1. The number of hydrogen-bond acceptors (Lipinski definition) is 4. The molecule has 0 atom stereocenters. The van der Waals surface area contributed by atoms with Gasteiger partial charge in [0, 0.05) is 38.1 Å². The van der Waals surface area contributed by atoms with Crippen molar-refractivity contribution in [2.75, 3.05) is 25.5 Å². The van der Waals surface area contributed by atoms with Crippen molar-refractivity contribution in [1.29, 1.82) is 0 Å². The number of aromatic nitrogens is 1. The number of nitrogens with one attached hydrogen (secondary N) is 3. The predicted molar refractivity (Wildman–Crippen MR) is 85.6 cm³/mol. The highest BCUT2D eigenvalue weighted by atomic mass is 16.1. The van der Waals surface area contributed by atoms with Crippen molar-refractivity contribution in [3.05, 3.63) is 24.0 Å². The summed E-state index contributed by atoms with van der Waals surface area (Å²) in [7, 11) is 1.61. The van der Waals surface area contributed by atoms with Crippen LogP contribution >= 0.6 is 0 Å². The van der Waals surface area contributed by atoms with Crippen molar-refractivity contribution in [1.82, 2.24) is 15.6 Å². The van der Waals surface area contributed by atoms with E-state index in [0.717, 1.165) is 18.8 Å². The lowest BCUT2D eigenvalue weighted by Crippen LogP contribution is -2.32. The van der Waals surface area contributed by atoms with Crippen molar-refractivity contribution in [2.24, 2.45) is 0 Å². The van der Waals surface area contributed by atoms with E-state index in [1.54, 1.807) is 19.3 Å². The third-order valence-corrected chi connectivity index (χ3v) is 3.96. The van der Waals surface area contributed by atoms with Crippen molar-refractivity contribution in [2.45, 2.75) is 44.6 Å². The molecule has 1 aliphatic carbocycles. The first-order chi connectivity index (χ1) is 10.3. The normalized spacial score (nSPS) is 16.2. The number of pyridine rings is 1. The van der Waals surface area contributed by atoms with Gasteiger partial charge >= 0.3 is 0 Å². The van der Waals surface area contributed by atoms with E-state index < -0.39 is 0 Å². The molecule has 2 rings (SSSR count). The van der Waals surface area contributed by atoms with Gasteiger partial charge in [0.1, 0.15) is 5.69 Å². The first-order valence-corrected chi connectivity index (χ1v) is 7.95. The van der Waals surface area contributed by atoms with Gasteiger partial charge in [-0.15, -0.1) is 0 Å². The van der Waals surface area contributed by atoms with Crippen LogP contribution in [0.15, 0.2) is 18.3 Å². The summed E-state index contributed by atoms with van der Waals surface area (Å²) in [5.41, 5.74) is 1.38. The summed E-state index contributed by atoms with van der Waals surface area (Å²) in [6, 6.07) is 4.34. The van der Waals surface area contributed by atoms with Gasteiger partial charge in [0.05, 0.1) is 0 Å². The summed E-state index contributed by atoms with van der Waals surface area (Å²) in [6.07, 6.45) is 9.74. The van der Waals surface area contributed by atoms with E-state index in [4.69, 9.17) is 0 Å². The number of hydrogen-bond donors (Lipinski definition) is 3. The molecule has 3 N–H and O–H groups in total. The summed E-state index contributed by atoms with van der Waals surface area (Å²) in [6.45, 7) is 1.80. The molecule has 1 aromatic rings. The van der Waals surface area contributed by atoms with Gasteiger partial charge in [-0.3, -0.25) is 9.78 Å². The molecule has 0 aliphatic heterocycles. The molecule has 5 heteroatoms. The maximum Gasteiger partial charge on any atom is 0.269 e. The minimum atomic E-state index is -0.157. The molecule has 0 aromatic carbocycles. The van der Waals surface area contributed by atoms with E-state index in [1.807, 2.05) is 6.07 Å². The number of rotatable bonds is 6. The van der Waals surface area contributed by atoms with Crippen LogP contribution < -0.4 is 16.0 Å². The van der Waals surface area contributed by atoms with E-state index in [9.17, 15) is 4.79 Å². The first-order valence-electron chi connectivity index (χ1n) is 7.95. The Morgan fingerprint density at radius 2 is 2.00 bits per heavy atom. The van der Waals surface area contributed by atoms with Crippen LogP contribution in [0.2, 0.25) is 0 Å². The second-order valence-electron chi connectivity index (χ2n) is 5.58. The number of carbonyl (C=O) groups is 1. The van der Waals surface area contributed by atoms with Crippen LogP contribution in [-0.4, -0.2) is 37.1 Å².